The molecule has 5 nitrogen and oxygen atoms in total. The highest BCUT2D eigenvalue weighted by Gasteiger charge is 2.14. The topological polar surface area (TPSA) is 78.9 Å². The number of halogens is 3. The van der Waals surface area contributed by atoms with E-state index in [0.29, 0.717) is 38.1 Å². The van der Waals surface area contributed by atoms with Crippen LogP contribution in [0.5, 0.6) is 0 Å². The van der Waals surface area contributed by atoms with Crippen LogP contribution in [0.1, 0.15) is 16.2 Å². The van der Waals surface area contributed by atoms with Crippen molar-refractivity contribution in [3.63, 3.8) is 0 Å². The lowest BCUT2D eigenvalue weighted by atomic mass is 10.1. The Labute approximate surface area is 208 Å². The number of hydrogen-bond acceptors (Lipinski definition) is 5. The van der Waals surface area contributed by atoms with E-state index >= 15 is 0 Å². The zero-order chi connectivity index (χ0) is 23.4. The Kier molecular flexibility index (Phi) is 7.17. The predicted octanol–water partition coefficient (Wildman–Crippen LogP) is 7.50. The summed E-state index contributed by atoms with van der Waals surface area (Å²) < 4.78 is 5.74. The molecule has 0 saturated carbocycles. The minimum atomic E-state index is -0.572. The molecule has 0 aliphatic carbocycles. The first-order valence-corrected chi connectivity index (χ1v) is 11.5. The molecule has 4 rings (SSSR count). The molecule has 0 saturated heterocycles. The normalized spacial score (nSPS) is 11.3. The van der Waals surface area contributed by atoms with Gasteiger partial charge in [-0.1, -0.05) is 46.9 Å². The Morgan fingerprint density at radius 3 is 2.61 bits per heavy atom. The molecule has 0 radical (unpaired) electrons. The fraction of sp³-hybridized carbons (Fsp3) is 0.0417. The molecule has 2 aromatic carbocycles. The molecule has 1 amide bonds. The van der Waals surface area contributed by atoms with Crippen LogP contribution < -0.4 is 5.32 Å². The Morgan fingerprint density at radius 2 is 1.88 bits per heavy atom. The second-order valence-corrected chi connectivity index (χ2v) is 9.26. The number of rotatable bonds is 6. The van der Waals surface area contributed by atoms with Crippen LogP contribution in [0.25, 0.3) is 17.4 Å². The van der Waals surface area contributed by atoms with Crippen LogP contribution in [0, 0.1) is 11.3 Å². The summed E-state index contributed by atoms with van der Waals surface area (Å²) in [5, 5.41) is 14.0. The van der Waals surface area contributed by atoms with Crippen LogP contribution in [0.3, 0.4) is 0 Å². The van der Waals surface area contributed by atoms with Crippen molar-refractivity contribution in [2.75, 3.05) is 5.32 Å². The van der Waals surface area contributed by atoms with E-state index in [1.165, 1.54) is 17.4 Å². The molecule has 1 N–H and O–H groups in total. The van der Waals surface area contributed by atoms with Crippen molar-refractivity contribution in [2.45, 2.75) is 6.42 Å². The molecule has 0 spiro atoms. The first kappa shape index (κ1) is 23.1. The number of carbonyl (C=O) groups excluding carboxylic acids is 1. The number of carbonyl (C=O) groups is 1. The fourth-order valence-electron chi connectivity index (χ4n) is 2.94. The van der Waals surface area contributed by atoms with Gasteiger partial charge in [-0.15, -0.1) is 11.3 Å². The number of nitriles is 1. The lowest BCUT2D eigenvalue weighted by Crippen LogP contribution is -2.13. The number of hydrogen-bond donors (Lipinski definition) is 1. The van der Waals surface area contributed by atoms with Crippen molar-refractivity contribution in [2.24, 2.45) is 0 Å². The molecule has 0 aliphatic heterocycles. The molecule has 4 aromatic rings. The second-order valence-electron chi connectivity index (χ2n) is 6.89. The third-order valence-electron chi connectivity index (χ3n) is 4.55. The lowest BCUT2D eigenvalue weighted by molar-refractivity contribution is -0.112. The average molecular weight is 515 g/mol. The summed E-state index contributed by atoms with van der Waals surface area (Å²) in [6, 6.07) is 17.9. The van der Waals surface area contributed by atoms with Crippen molar-refractivity contribution < 1.29 is 9.21 Å². The number of thiazole rings is 1. The summed E-state index contributed by atoms with van der Waals surface area (Å²) in [6.45, 7) is 0. The number of nitrogens with one attached hydrogen (secondary N) is 1. The first-order valence-electron chi connectivity index (χ1n) is 9.59. The molecule has 0 aliphatic rings. The molecule has 0 atom stereocenters. The minimum Gasteiger partial charge on any atom is -0.457 e. The maximum Gasteiger partial charge on any atom is 0.268 e. The van der Waals surface area contributed by atoms with Gasteiger partial charge in [0.1, 0.15) is 23.2 Å². The predicted molar refractivity (Wildman–Crippen MR) is 133 cm³/mol. The number of nitrogens with zero attached hydrogens (tertiary/aromatic N) is 2. The molecule has 0 fully saturated rings. The highest BCUT2D eigenvalue weighted by Crippen LogP contribution is 2.30. The van der Waals surface area contributed by atoms with Crippen LogP contribution in [0.2, 0.25) is 15.1 Å². The second kappa shape index (κ2) is 10.2. The van der Waals surface area contributed by atoms with Gasteiger partial charge in [-0.25, -0.2) is 4.98 Å². The van der Waals surface area contributed by atoms with Gasteiger partial charge in [0, 0.05) is 34.2 Å². The summed E-state index contributed by atoms with van der Waals surface area (Å²) >= 11 is 19.3. The number of anilines is 1. The van der Waals surface area contributed by atoms with Crippen LogP contribution in [0.15, 0.2) is 70.8 Å². The highest BCUT2D eigenvalue weighted by molar-refractivity contribution is 7.15. The quantitative estimate of drug-likeness (QED) is 0.213. The summed E-state index contributed by atoms with van der Waals surface area (Å²) in [6.07, 6.45) is 3.73. The lowest BCUT2D eigenvalue weighted by Gasteiger charge is -2.01. The molecule has 2 aromatic heterocycles. The van der Waals surface area contributed by atoms with E-state index in [-0.39, 0.29) is 5.57 Å². The number of amides is 1. The van der Waals surface area contributed by atoms with E-state index in [0.717, 1.165) is 16.0 Å². The molecule has 0 bridgehead atoms. The van der Waals surface area contributed by atoms with Gasteiger partial charge in [0.25, 0.3) is 5.91 Å². The third-order valence-corrected chi connectivity index (χ3v) is 6.45. The zero-order valence-corrected chi connectivity index (χ0v) is 19.9. The molecule has 0 unspecified atom stereocenters. The molecule has 33 heavy (non-hydrogen) atoms. The number of aromatic nitrogens is 1. The first-order chi connectivity index (χ1) is 15.9. The van der Waals surface area contributed by atoms with E-state index in [9.17, 15) is 10.1 Å². The Balaban J connectivity index is 1.45. The van der Waals surface area contributed by atoms with Gasteiger partial charge < -0.3 is 4.42 Å². The van der Waals surface area contributed by atoms with Crippen molar-refractivity contribution in [1.82, 2.24) is 4.98 Å². The molecule has 2 heterocycles. The van der Waals surface area contributed by atoms with E-state index in [2.05, 4.69) is 10.3 Å². The average Bonchev–Trinajstić information content (AvgIpc) is 3.45. The minimum absolute atomic E-state index is 0.112. The maximum atomic E-state index is 12.6. The fourth-order valence-corrected chi connectivity index (χ4v) is 4.21. The summed E-state index contributed by atoms with van der Waals surface area (Å²) in [5.41, 5.74) is 1.69. The largest absolute Gasteiger partial charge is 0.457 e. The van der Waals surface area contributed by atoms with Gasteiger partial charge in [0.15, 0.2) is 5.13 Å². The summed E-state index contributed by atoms with van der Waals surface area (Å²) in [5.74, 6) is 0.312. The van der Waals surface area contributed by atoms with Crippen molar-refractivity contribution in [3.8, 4) is 17.4 Å². The molecular formula is C24H14Cl3N3O2S. The highest BCUT2D eigenvalue weighted by atomic mass is 35.5. The molecular weight excluding hydrogens is 501 g/mol. The van der Waals surface area contributed by atoms with Crippen LogP contribution >= 0.6 is 46.1 Å². The van der Waals surface area contributed by atoms with E-state index in [4.69, 9.17) is 39.2 Å². The smallest absolute Gasteiger partial charge is 0.268 e. The zero-order valence-electron chi connectivity index (χ0n) is 16.8. The van der Waals surface area contributed by atoms with Gasteiger partial charge in [0.05, 0.1) is 10.0 Å². The Morgan fingerprint density at radius 1 is 1.09 bits per heavy atom. The van der Waals surface area contributed by atoms with E-state index in [1.807, 2.05) is 30.3 Å². The Bertz CT molecular complexity index is 1380. The van der Waals surface area contributed by atoms with Gasteiger partial charge in [-0.3, -0.25) is 10.1 Å². The van der Waals surface area contributed by atoms with E-state index < -0.39 is 5.91 Å². The monoisotopic (exact) mass is 513 g/mol. The molecule has 164 valence electrons. The van der Waals surface area contributed by atoms with Crippen molar-refractivity contribution >= 4 is 63.3 Å². The van der Waals surface area contributed by atoms with Crippen LogP contribution in [-0.4, -0.2) is 10.9 Å². The maximum absolute atomic E-state index is 12.6. The van der Waals surface area contributed by atoms with Gasteiger partial charge in [0.2, 0.25) is 0 Å². The number of benzene rings is 2. The SMILES string of the molecule is N#CC(=Cc1ccc(-c2ccc(Cl)c(Cl)c2)o1)C(=O)Nc1ncc(Cc2ccc(Cl)cc2)s1. The van der Waals surface area contributed by atoms with Crippen molar-refractivity contribution in [1.29, 1.82) is 5.26 Å². The van der Waals surface area contributed by atoms with Crippen molar-refractivity contribution in [3.05, 3.63) is 97.6 Å². The summed E-state index contributed by atoms with van der Waals surface area (Å²) in [4.78, 5) is 17.8. The van der Waals surface area contributed by atoms with E-state index in [1.54, 1.807) is 36.5 Å². The van der Waals surface area contributed by atoms with Gasteiger partial charge in [-0.2, -0.15) is 5.26 Å². The van der Waals surface area contributed by atoms with Gasteiger partial charge in [-0.05, 0) is 48.0 Å². The van der Waals surface area contributed by atoms with Crippen LogP contribution in [0.4, 0.5) is 5.13 Å². The van der Waals surface area contributed by atoms with Gasteiger partial charge >= 0.3 is 0 Å². The Hall–Kier alpha value is -3.08. The standard InChI is InChI=1S/C24H14Cl3N3O2S/c25-17-4-1-14(2-5-17)9-19-13-29-24(33-19)30-23(31)16(12-28)10-18-6-8-22(32-18)15-3-7-20(26)21(27)11-15/h1-8,10-11,13H,9H2,(H,29,30,31). The third kappa shape index (κ3) is 5.84. The number of furan rings is 1. The summed E-state index contributed by atoms with van der Waals surface area (Å²) in [7, 11) is 0. The molecule has 9 heteroatoms. The van der Waals surface area contributed by atoms with Crippen LogP contribution in [-0.2, 0) is 11.2 Å².